The highest BCUT2D eigenvalue weighted by atomic mass is 32.1. The molecule has 5 rings (SSSR count). The van der Waals surface area contributed by atoms with Gasteiger partial charge in [0.25, 0.3) is 0 Å². The van der Waals surface area contributed by atoms with Gasteiger partial charge in [0.15, 0.2) is 5.11 Å². The second kappa shape index (κ2) is 8.20. The number of rotatable bonds is 5. The Hall–Kier alpha value is -3.71. The number of hydrogen-bond donors (Lipinski definition) is 2. The molecule has 1 fully saturated rings. The second-order valence-corrected chi connectivity index (χ2v) is 7.75. The average molecular weight is 428 g/mol. The van der Waals surface area contributed by atoms with Crippen LogP contribution in [0.25, 0.3) is 0 Å². The molecule has 1 saturated heterocycles. The summed E-state index contributed by atoms with van der Waals surface area (Å²) < 4.78 is 2.17. The molecule has 4 aromatic rings. The van der Waals surface area contributed by atoms with Gasteiger partial charge in [0.05, 0.1) is 29.7 Å². The molecule has 6 nitrogen and oxygen atoms in total. The molecule has 0 bridgehead atoms. The van der Waals surface area contributed by atoms with Gasteiger partial charge in [-0.15, -0.1) is 0 Å². The van der Waals surface area contributed by atoms with E-state index in [-0.39, 0.29) is 17.8 Å². The number of benzene rings is 1. The number of hydrogen-bond acceptors (Lipinski definition) is 4. The fraction of sp³-hybridized carbons (Fsp3) is 0.125. The predicted octanol–water partition coefficient (Wildman–Crippen LogP) is 4.21. The minimum Gasteiger partial charge on any atom is -0.506 e. The minimum absolute atomic E-state index is 0.175. The van der Waals surface area contributed by atoms with Gasteiger partial charge in [0.1, 0.15) is 11.8 Å². The summed E-state index contributed by atoms with van der Waals surface area (Å²) in [6.07, 6.45) is 5.63. The highest BCUT2D eigenvalue weighted by molar-refractivity contribution is 7.80. The summed E-state index contributed by atoms with van der Waals surface area (Å²) >= 11 is 5.74. The highest BCUT2D eigenvalue weighted by Crippen LogP contribution is 2.44. The van der Waals surface area contributed by atoms with Gasteiger partial charge in [0.2, 0.25) is 0 Å². The number of nitrogens with one attached hydrogen (secondary N) is 1. The molecule has 7 heteroatoms. The van der Waals surface area contributed by atoms with Crippen molar-refractivity contribution < 1.29 is 5.11 Å². The summed E-state index contributed by atoms with van der Waals surface area (Å²) in [7, 11) is 0. The maximum absolute atomic E-state index is 10.6. The van der Waals surface area contributed by atoms with Crippen LogP contribution in [0.5, 0.6) is 5.75 Å². The Bertz CT molecular complexity index is 1190. The van der Waals surface area contributed by atoms with Crippen molar-refractivity contribution >= 4 is 23.0 Å². The lowest BCUT2D eigenvalue weighted by molar-refractivity contribution is 0.471. The average Bonchev–Trinajstić information content (AvgIpc) is 3.39. The highest BCUT2D eigenvalue weighted by Gasteiger charge is 2.42. The number of aromatic nitrogens is 3. The van der Waals surface area contributed by atoms with Crippen LogP contribution in [0.15, 0.2) is 91.4 Å². The molecule has 1 aliphatic rings. The van der Waals surface area contributed by atoms with Crippen LogP contribution in [0.3, 0.4) is 0 Å². The van der Waals surface area contributed by atoms with Gasteiger partial charge in [-0.25, -0.2) is 0 Å². The van der Waals surface area contributed by atoms with Crippen LogP contribution in [0.1, 0.15) is 29.2 Å². The first-order chi connectivity index (χ1) is 15.2. The van der Waals surface area contributed by atoms with E-state index in [9.17, 15) is 5.11 Å². The van der Waals surface area contributed by atoms with E-state index in [0.29, 0.717) is 17.3 Å². The Morgan fingerprint density at radius 3 is 2.42 bits per heavy atom. The molecule has 154 valence electrons. The maximum atomic E-state index is 10.6. The van der Waals surface area contributed by atoms with E-state index in [4.69, 9.17) is 12.2 Å². The van der Waals surface area contributed by atoms with E-state index < -0.39 is 0 Å². The van der Waals surface area contributed by atoms with Crippen molar-refractivity contribution in [3.8, 4) is 5.75 Å². The summed E-state index contributed by atoms with van der Waals surface area (Å²) in [5.41, 5.74) is 3.57. The van der Waals surface area contributed by atoms with E-state index in [1.807, 2.05) is 65.7 Å². The van der Waals surface area contributed by atoms with Crippen molar-refractivity contribution in [3.63, 3.8) is 0 Å². The molecule has 31 heavy (non-hydrogen) atoms. The summed E-state index contributed by atoms with van der Waals surface area (Å²) in [6.45, 7) is 0.635. The van der Waals surface area contributed by atoms with Gasteiger partial charge in [-0.1, -0.05) is 24.3 Å². The molecular formula is C24H21N5OS. The van der Waals surface area contributed by atoms with Crippen LogP contribution in [0.2, 0.25) is 0 Å². The normalized spacial score (nSPS) is 18.2. The SMILES string of the molecule is Oc1ccccc1N1C(=S)NC(c2ccccn2)C1c1cccn1Cc1ccccn1. The van der Waals surface area contributed by atoms with E-state index in [1.165, 1.54) is 0 Å². The predicted molar refractivity (Wildman–Crippen MR) is 124 cm³/mol. The summed E-state index contributed by atoms with van der Waals surface area (Å²) in [5, 5.41) is 14.6. The Kier molecular flexibility index (Phi) is 5.09. The molecular weight excluding hydrogens is 406 g/mol. The molecule has 0 spiro atoms. The summed E-state index contributed by atoms with van der Waals surface area (Å²) in [4.78, 5) is 11.0. The molecule has 1 aliphatic heterocycles. The topological polar surface area (TPSA) is 66.2 Å². The molecule has 0 amide bonds. The Labute approximate surface area is 185 Å². The molecule has 0 saturated carbocycles. The van der Waals surface area contributed by atoms with Crippen LogP contribution in [0.4, 0.5) is 5.69 Å². The van der Waals surface area contributed by atoms with Crippen molar-refractivity contribution in [1.29, 1.82) is 0 Å². The zero-order chi connectivity index (χ0) is 21.2. The van der Waals surface area contributed by atoms with Crippen LogP contribution in [-0.4, -0.2) is 24.8 Å². The van der Waals surface area contributed by atoms with Gasteiger partial charge in [0, 0.05) is 24.3 Å². The minimum atomic E-state index is -0.200. The zero-order valence-electron chi connectivity index (χ0n) is 16.7. The number of pyridine rings is 2. The van der Waals surface area contributed by atoms with Crippen molar-refractivity contribution in [2.75, 3.05) is 4.90 Å². The molecule has 2 N–H and O–H groups in total. The number of aromatic hydroxyl groups is 1. The third kappa shape index (κ3) is 3.64. The number of para-hydroxylation sites is 2. The largest absolute Gasteiger partial charge is 0.506 e. The smallest absolute Gasteiger partial charge is 0.174 e. The molecule has 2 atom stereocenters. The fourth-order valence-electron chi connectivity index (χ4n) is 4.09. The first kappa shape index (κ1) is 19.3. The molecule has 3 aromatic heterocycles. The van der Waals surface area contributed by atoms with Gasteiger partial charge in [-0.3, -0.25) is 9.97 Å². The summed E-state index contributed by atoms with van der Waals surface area (Å²) in [6, 6.07) is 22.8. The van der Waals surface area contributed by atoms with Crippen LogP contribution in [-0.2, 0) is 6.54 Å². The lowest BCUT2D eigenvalue weighted by atomic mass is 10.0. The first-order valence-corrected chi connectivity index (χ1v) is 10.5. The second-order valence-electron chi connectivity index (χ2n) is 7.37. The number of phenols is 1. The van der Waals surface area contributed by atoms with Crippen LogP contribution >= 0.6 is 12.2 Å². The number of phenolic OH excluding ortho intramolecular Hbond substituents is 1. The quantitative estimate of drug-likeness (QED) is 0.465. The van der Waals surface area contributed by atoms with Crippen molar-refractivity contribution in [2.45, 2.75) is 18.6 Å². The number of anilines is 1. The molecule has 4 heterocycles. The van der Waals surface area contributed by atoms with Gasteiger partial charge in [-0.05, 0) is 60.7 Å². The maximum Gasteiger partial charge on any atom is 0.174 e. The van der Waals surface area contributed by atoms with Gasteiger partial charge >= 0.3 is 0 Å². The summed E-state index contributed by atoms with van der Waals surface area (Å²) in [5.74, 6) is 0.182. The Morgan fingerprint density at radius 1 is 0.903 bits per heavy atom. The molecule has 1 aromatic carbocycles. The monoisotopic (exact) mass is 427 g/mol. The first-order valence-electron chi connectivity index (χ1n) is 10.1. The standard InChI is InChI=1S/C24H21N5OS/c30-21-12-2-1-10-19(21)29-23(22(27-24(29)31)18-9-4-6-14-26-18)20-11-7-15-28(20)16-17-8-3-5-13-25-17/h1-15,22-23,30H,16H2,(H,27,31). The van der Waals surface area contributed by atoms with E-state index in [2.05, 4.69) is 25.9 Å². The van der Waals surface area contributed by atoms with Gasteiger partial charge < -0.3 is 19.9 Å². The molecule has 0 aliphatic carbocycles. The number of nitrogens with zero attached hydrogens (tertiary/aromatic N) is 4. The van der Waals surface area contributed by atoms with Crippen molar-refractivity contribution in [3.05, 3.63) is 108 Å². The van der Waals surface area contributed by atoms with Crippen LogP contribution < -0.4 is 10.2 Å². The third-order valence-electron chi connectivity index (χ3n) is 5.47. The molecule has 0 radical (unpaired) electrons. The lowest BCUT2D eigenvalue weighted by Crippen LogP contribution is -2.30. The zero-order valence-corrected chi connectivity index (χ0v) is 17.5. The van der Waals surface area contributed by atoms with E-state index in [1.54, 1.807) is 24.5 Å². The van der Waals surface area contributed by atoms with E-state index in [0.717, 1.165) is 17.1 Å². The van der Waals surface area contributed by atoms with Gasteiger partial charge in [-0.2, -0.15) is 0 Å². The Morgan fingerprint density at radius 2 is 1.68 bits per heavy atom. The molecule has 2 unspecified atom stereocenters. The van der Waals surface area contributed by atoms with Crippen LogP contribution in [0, 0.1) is 0 Å². The van der Waals surface area contributed by atoms with E-state index >= 15 is 0 Å². The number of thiocarbonyl (C=S) groups is 1. The fourth-order valence-corrected chi connectivity index (χ4v) is 4.43. The third-order valence-corrected chi connectivity index (χ3v) is 5.78. The van der Waals surface area contributed by atoms with Crippen molar-refractivity contribution in [2.24, 2.45) is 0 Å². The lowest BCUT2D eigenvalue weighted by Gasteiger charge is -2.29. The van der Waals surface area contributed by atoms with Crippen molar-refractivity contribution in [1.82, 2.24) is 19.9 Å². The Balaban J connectivity index is 1.62.